The van der Waals surface area contributed by atoms with Crippen molar-refractivity contribution < 1.29 is 27.4 Å². The Morgan fingerprint density at radius 1 is 1.05 bits per heavy atom. The molecule has 1 aliphatic heterocycles. The van der Waals surface area contributed by atoms with Crippen LogP contribution < -0.4 is 15.4 Å². The molecule has 3 aromatic rings. The molecule has 0 radical (unpaired) electrons. The highest BCUT2D eigenvalue weighted by Gasteiger charge is 2.25. The molecule has 0 saturated carbocycles. The van der Waals surface area contributed by atoms with Gasteiger partial charge in [-0.2, -0.15) is 0 Å². The van der Waals surface area contributed by atoms with Crippen LogP contribution in [0.5, 0.6) is 0 Å². The van der Waals surface area contributed by atoms with Gasteiger partial charge in [-0.1, -0.05) is 30.3 Å². The topological polar surface area (TPSA) is 130 Å². The number of hydrogen-bond acceptors (Lipinski definition) is 7. The highest BCUT2D eigenvalue weighted by Crippen LogP contribution is 2.16. The fourth-order valence-corrected chi connectivity index (χ4v) is 5.19. The fourth-order valence-electron chi connectivity index (χ4n) is 3.95. The summed E-state index contributed by atoms with van der Waals surface area (Å²) in [4.78, 5) is 16.8. The normalized spacial score (nSPS) is 16.1. The number of sulfonamides is 1. The van der Waals surface area contributed by atoms with Crippen LogP contribution in [0.4, 0.5) is 10.1 Å². The number of aliphatic hydroxyl groups is 1. The lowest BCUT2D eigenvalue weighted by Crippen LogP contribution is -2.48. The number of pyridine rings is 1. The van der Waals surface area contributed by atoms with Crippen LogP contribution in [0.15, 0.2) is 78.0 Å². The Morgan fingerprint density at radius 3 is 2.41 bits per heavy atom. The molecule has 0 bridgehead atoms. The van der Waals surface area contributed by atoms with Gasteiger partial charge in [-0.15, -0.1) is 0 Å². The average Bonchev–Trinajstić information content (AvgIpc) is 2.90. The number of amides is 1. The fraction of sp³-hybridized carbons (Fsp3) is 0.308. The number of nitrogens with zero attached hydrogens (tertiary/aromatic N) is 1. The second kappa shape index (κ2) is 12.2. The molecule has 2 atom stereocenters. The molecular weight excluding hydrogens is 499 g/mol. The summed E-state index contributed by atoms with van der Waals surface area (Å²) < 4.78 is 46.5. The van der Waals surface area contributed by atoms with Crippen molar-refractivity contribution in [2.24, 2.45) is 0 Å². The third-order valence-corrected chi connectivity index (χ3v) is 7.41. The van der Waals surface area contributed by atoms with Gasteiger partial charge < -0.3 is 20.5 Å². The van der Waals surface area contributed by atoms with E-state index in [4.69, 9.17) is 4.74 Å². The van der Waals surface area contributed by atoms with Crippen molar-refractivity contribution in [2.45, 2.75) is 42.6 Å². The number of nitrogens with one attached hydrogen (secondary N) is 3. The zero-order valence-electron chi connectivity index (χ0n) is 20.0. The van der Waals surface area contributed by atoms with E-state index in [9.17, 15) is 22.7 Å². The first-order chi connectivity index (χ1) is 17.8. The Morgan fingerprint density at radius 2 is 1.76 bits per heavy atom. The second-order valence-corrected chi connectivity index (χ2v) is 10.4. The highest BCUT2D eigenvalue weighted by atomic mass is 32.2. The molecule has 37 heavy (non-hydrogen) atoms. The first-order valence-corrected chi connectivity index (χ1v) is 13.4. The zero-order valence-corrected chi connectivity index (χ0v) is 20.8. The molecule has 2 aromatic carbocycles. The lowest BCUT2D eigenvalue weighted by molar-refractivity contribution is 0.0831. The van der Waals surface area contributed by atoms with E-state index in [2.05, 4.69) is 20.3 Å². The van der Waals surface area contributed by atoms with Crippen LogP contribution in [0.3, 0.4) is 0 Å². The number of hydrogen-bond donors (Lipinski definition) is 4. The lowest BCUT2D eigenvalue weighted by atomic mass is 10.0. The van der Waals surface area contributed by atoms with Crippen molar-refractivity contribution in [1.29, 1.82) is 0 Å². The highest BCUT2D eigenvalue weighted by molar-refractivity contribution is 7.89. The first kappa shape index (κ1) is 26.7. The molecule has 1 saturated heterocycles. The van der Waals surface area contributed by atoms with Crippen LogP contribution in [0, 0.1) is 5.82 Å². The van der Waals surface area contributed by atoms with E-state index in [1.165, 1.54) is 42.6 Å². The summed E-state index contributed by atoms with van der Waals surface area (Å²) >= 11 is 0. The van der Waals surface area contributed by atoms with Crippen LogP contribution in [0.1, 0.15) is 28.8 Å². The Labute approximate surface area is 215 Å². The van der Waals surface area contributed by atoms with E-state index in [-0.39, 0.29) is 16.6 Å². The third kappa shape index (κ3) is 7.56. The van der Waals surface area contributed by atoms with Gasteiger partial charge in [0.15, 0.2) is 5.03 Å². The monoisotopic (exact) mass is 528 g/mol. The van der Waals surface area contributed by atoms with E-state index in [1.807, 2.05) is 30.3 Å². The molecule has 1 unspecified atom stereocenters. The number of aromatic nitrogens is 1. The number of carbonyl (C=O) groups excluding carboxylic acids is 1. The third-order valence-electron chi connectivity index (χ3n) is 5.97. The largest absolute Gasteiger partial charge is 0.381 e. The molecule has 1 aliphatic rings. The summed E-state index contributed by atoms with van der Waals surface area (Å²) in [5, 5.41) is 16.5. The number of halogens is 1. The van der Waals surface area contributed by atoms with E-state index in [0.29, 0.717) is 38.2 Å². The summed E-state index contributed by atoms with van der Waals surface area (Å²) in [7, 11) is -3.80. The quantitative estimate of drug-likeness (QED) is 0.298. The zero-order chi connectivity index (χ0) is 26.3. The SMILES string of the molecule is O=C(N[C@@H](Cc1ccccc1)C(O)Nc1ccc(S(=O)(=O)NC2CCOCC2)nc1)c1ccc(F)cc1. The number of rotatable bonds is 10. The Balaban J connectivity index is 1.44. The molecule has 196 valence electrons. The van der Waals surface area contributed by atoms with Gasteiger partial charge in [-0.3, -0.25) is 4.79 Å². The van der Waals surface area contributed by atoms with Crippen LogP contribution in [-0.2, 0) is 21.2 Å². The van der Waals surface area contributed by atoms with Gasteiger partial charge in [0.25, 0.3) is 15.9 Å². The average molecular weight is 529 g/mol. The maximum Gasteiger partial charge on any atom is 0.258 e. The van der Waals surface area contributed by atoms with Gasteiger partial charge in [0.1, 0.15) is 12.0 Å². The number of carbonyl (C=O) groups is 1. The van der Waals surface area contributed by atoms with E-state index in [1.54, 1.807) is 0 Å². The molecule has 9 nitrogen and oxygen atoms in total. The molecule has 2 heterocycles. The van der Waals surface area contributed by atoms with Crippen LogP contribution >= 0.6 is 0 Å². The Kier molecular flexibility index (Phi) is 8.82. The van der Waals surface area contributed by atoms with Crippen molar-refractivity contribution in [1.82, 2.24) is 15.0 Å². The summed E-state index contributed by atoms with van der Waals surface area (Å²) in [6, 6.07) is 16.3. The van der Waals surface area contributed by atoms with Crippen LogP contribution in [-0.4, -0.2) is 55.9 Å². The standard InChI is InChI=1S/C26H29FN4O5S/c27-20-8-6-19(7-9-20)25(32)30-23(16-18-4-2-1-3-5-18)26(33)29-22-10-11-24(28-17-22)37(34,35)31-21-12-14-36-15-13-21/h1-11,17,21,23,26,29,31,33H,12-16H2,(H,30,32)/t23-,26?/m0/s1. The van der Waals surface area contributed by atoms with E-state index < -0.39 is 34.0 Å². The van der Waals surface area contributed by atoms with Crippen molar-refractivity contribution in [3.05, 3.63) is 89.9 Å². The maximum absolute atomic E-state index is 13.3. The molecule has 0 aliphatic carbocycles. The van der Waals surface area contributed by atoms with Gasteiger partial charge in [-0.05, 0) is 61.2 Å². The molecule has 4 N–H and O–H groups in total. The molecule has 1 fully saturated rings. The molecule has 0 spiro atoms. The van der Waals surface area contributed by atoms with Gasteiger partial charge in [-0.25, -0.2) is 22.5 Å². The minimum atomic E-state index is -3.80. The van der Waals surface area contributed by atoms with Gasteiger partial charge in [0, 0.05) is 24.8 Å². The smallest absolute Gasteiger partial charge is 0.258 e. The van der Waals surface area contributed by atoms with Crippen LogP contribution in [0.2, 0.25) is 0 Å². The summed E-state index contributed by atoms with van der Waals surface area (Å²) in [6.45, 7) is 1.01. The molecule has 11 heteroatoms. The Hall–Kier alpha value is -3.38. The predicted octanol–water partition coefficient (Wildman–Crippen LogP) is 2.45. The van der Waals surface area contributed by atoms with Gasteiger partial charge >= 0.3 is 0 Å². The first-order valence-electron chi connectivity index (χ1n) is 11.9. The number of aliphatic hydroxyl groups excluding tert-OH is 1. The minimum absolute atomic E-state index is 0.135. The van der Waals surface area contributed by atoms with E-state index in [0.717, 1.165) is 5.56 Å². The second-order valence-electron chi connectivity index (χ2n) is 8.76. The van der Waals surface area contributed by atoms with Crippen molar-refractivity contribution in [3.8, 4) is 0 Å². The van der Waals surface area contributed by atoms with Gasteiger partial charge in [0.2, 0.25) is 0 Å². The van der Waals surface area contributed by atoms with Crippen molar-refractivity contribution >= 4 is 21.6 Å². The molecule has 1 aromatic heterocycles. The Bertz CT molecular complexity index is 1270. The molecule has 1 amide bonds. The summed E-state index contributed by atoms with van der Waals surface area (Å²) in [5.41, 5.74) is 1.50. The molecular formula is C26H29FN4O5S. The van der Waals surface area contributed by atoms with Crippen molar-refractivity contribution in [2.75, 3.05) is 18.5 Å². The number of ether oxygens (including phenoxy) is 1. The maximum atomic E-state index is 13.3. The number of anilines is 1. The van der Waals surface area contributed by atoms with E-state index >= 15 is 0 Å². The number of benzene rings is 2. The molecule has 4 rings (SSSR count). The lowest BCUT2D eigenvalue weighted by Gasteiger charge is -2.26. The predicted molar refractivity (Wildman–Crippen MR) is 136 cm³/mol. The summed E-state index contributed by atoms with van der Waals surface area (Å²) in [5.74, 6) is -0.930. The summed E-state index contributed by atoms with van der Waals surface area (Å²) in [6.07, 6.45) is 1.56. The van der Waals surface area contributed by atoms with Crippen LogP contribution in [0.25, 0.3) is 0 Å². The van der Waals surface area contributed by atoms with Crippen molar-refractivity contribution in [3.63, 3.8) is 0 Å². The van der Waals surface area contributed by atoms with Gasteiger partial charge in [0.05, 0.1) is 17.9 Å². The minimum Gasteiger partial charge on any atom is -0.381 e.